The smallest absolute Gasteiger partial charge is 0.319 e. The van der Waals surface area contributed by atoms with Crippen molar-refractivity contribution in [3.05, 3.63) is 54.1 Å². The van der Waals surface area contributed by atoms with E-state index in [1.54, 1.807) is 30.3 Å². The predicted octanol–water partition coefficient (Wildman–Crippen LogP) is 3.03. The predicted molar refractivity (Wildman–Crippen MR) is 90.0 cm³/mol. The van der Waals surface area contributed by atoms with Gasteiger partial charge in [-0.2, -0.15) is 0 Å². The SMILES string of the molecule is O=C(CNC(=O)Nc1c(F)cc(F)cc1-c1ccccc1)NC1CC1. The van der Waals surface area contributed by atoms with E-state index in [0.717, 1.165) is 18.9 Å². The van der Waals surface area contributed by atoms with Crippen molar-refractivity contribution in [2.24, 2.45) is 0 Å². The van der Waals surface area contributed by atoms with Crippen LogP contribution < -0.4 is 16.0 Å². The molecule has 0 heterocycles. The number of urea groups is 1. The zero-order chi connectivity index (χ0) is 17.8. The van der Waals surface area contributed by atoms with Crippen molar-refractivity contribution < 1.29 is 18.4 Å². The minimum Gasteiger partial charge on any atom is -0.352 e. The van der Waals surface area contributed by atoms with E-state index in [2.05, 4.69) is 16.0 Å². The first kappa shape index (κ1) is 16.9. The van der Waals surface area contributed by atoms with E-state index in [1.807, 2.05) is 0 Å². The molecule has 3 rings (SSSR count). The summed E-state index contributed by atoms with van der Waals surface area (Å²) in [7, 11) is 0. The Labute approximate surface area is 143 Å². The molecule has 0 aliphatic heterocycles. The summed E-state index contributed by atoms with van der Waals surface area (Å²) in [6.45, 7) is -0.216. The molecular formula is C18H17F2N3O2. The number of amides is 3. The molecule has 1 aliphatic rings. The number of carbonyl (C=O) groups is 2. The molecule has 1 aliphatic carbocycles. The van der Waals surface area contributed by atoms with Gasteiger partial charge in [0.25, 0.3) is 0 Å². The number of halogens is 2. The van der Waals surface area contributed by atoms with Gasteiger partial charge in [-0.15, -0.1) is 0 Å². The van der Waals surface area contributed by atoms with Gasteiger partial charge in [0.2, 0.25) is 5.91 Å². The Kier molecular flexibility index (Phi) is 4.92. The van der Waals surface area contributed by atoms with Gasteiger partial charge in [-0.25, -0.2) is 13.6 Å². The summed E-state index contributed by atoms with van der Waals surface area (Å²) in [6.07, 6.45) is 1.89. The average molecular weight is 345 g/mol. The Hall–Kier alpha value is -2.96. The Morgan fingerprint density at radius 2 is 1.80 bits per heavy atom. The van der Waals surface area contributed by atoms with Crippen LogP contribution in [0.2, 0.25) is 0 Å². The fraction of sp³-hybridized carbons (Fsp3) is 0.222. The van der Waals surface area contributed by atoms with Gasteiger partial charge in [0.1, 0.15) is 11.6 Å². The lowest BCUT2D eigenvalue weighted by atomic mass is 10.0. The summed E-state index contributed by atoms with van der Waals surface area (Å²) in [4.78, 5) is 23.5. The van der Waals surface area contributed by atoms with E-state index in [1.165, 1.54) is 0 Å². The number of anilines is 1. The largest absolute Gasteiger partial charge is 0.352 e. The molecule has 7 heteroatoms. The van der Waals surface area contributed by atoms with Crippen molar-refractivity contribution >= 4 is 17.6 Å². The first-order chi connectivity index (χ1) is 12.0. The van der Waals surface area contributed by atoms with Gasteiger partial charge in [0, 0.05) is 17.7 Å². The lowest BCUT2D eigenvalue weighted by Gasteiger charge is -2.13. The van der Waals surface area contributed by atoms with Gasteiger partial charge in [0.05, 0.1) is 12.2 Å². The fourth-order valence-corrected chi connectivity index (χ4v) is 2.37. The number of hydrogen-bond donors (Lipinski definition) is 3. The van der Waals surface area contributed by atoms with Crippen molar-refractivity contribution in [1.29, 1.82) is 0 Å². The summed E-state index contributed by atoms with van der Waals surface area (Å²) in [5.41, 5.74) is 0.631. The van der Waals surface area contributed by atoms with Crippen molar-refractivity contribution in [1.82, 2.24) is 10.6 Å². The van der Waals surface area contributed by atoms with Crippen LogP contribution in [0.3, 0.4) is 0 Å². The zero-order valence-corrected chi connectivity index (χ0v) is 13.3. The summed E-state index contributed by atoms with van der Waals surface area (Å²) >= 11 is 0. The highest BCUT2D eigenvalue weighted by Crippen LogP contribution is 2.31. The number of benzene rings is 2. The molecule has 2 aromatic rings. The van der Waals surface area contributed by atoms with Crippen LogP contribution >= 0.6 is 0 Å². The molecule has 0 spiro atoms. The molecule has 3 N–H and O–H groups in total. The molecule has 0 saturated heterocycles. The van der Waals surface area contributed by atoms with Crippen LogP contribution in [0.15, 0.2) is 42.5 Å². The molecule has 25 heavy (non-hydrogen) atoms. The second-order valence-corrected chi connectivity index (χ2v) is 5.83. The standard InChI is InChI=1S/C18H17F2N3O2/c19-12-8-14(11-4-2-1-3-5-11)17(15(20)9-12)23-18(25)21-10-16(24)22-13-6-7-13/h1-5,8-9,13H,6-7,10H2,(H,22,24)(H2,21,23,25). The molecule has 3 amide bonds. The Balaban J connectivity index is 1.72. The van der Waals surface area contributed by atoms with Crippen LogP contribution in [-0.4, -0.2) is 24.5 Å². The average Bonchev–Trinajstić information content (AvgIpc) is 3.40. The van der Waals surface area contributed by atoms with E-state index in [0.29, 0.717) is 11.6 Å². The van der Waals surface area contributed by atoms with E-state index >= 15 is 0 Å². The van der Waals surface area contributed by atoms with Gasteiger partial charge in [-0.1, -0.05) is 30.3 Å². The summed E-state index contributed by atoms with van der Waals surface area (Å²) in [6, 6.07) is 9.88. The fourth-order valence-electron chi connectivity index (χ4n) is 2.37. The Bertz CT molecular complexity index is 792. The third-order valence-corrected chi connectivity index (χ3v) is 3.73. The van der Waals surface area contributed by atoms with E-state index in [9.17, 15) is 18.4 Å². The zero-order valence-electron chi connectivity index (χ0n) is 13.3. The number of hydrogen-bond acceptors (Lipinski definition) is 2. The van der Waals surface area contributed by atoms with E-state index in [4.69, 9.17) is 0 Å². The minimum absolute atomic E-state index is 0.146. The molecule has 0 radical (unpaired) electrons. The number of nitrogens with one attached hydrogen (secondary N) is 3. The van der Waals surface area contributed by atoms with Crippen LogP contribution in [0.4, 0.5) is 19.3 Å². The highest BCUT2D eigenvalue weighted by molar-refractivity contribution is 5.96. The summed E-state index contributed by atoms with van der Waals surface area (Å²) in [5, 5.41) is 7.44. The van der Waals surface area contributed by atoms with Gasteiger partial charge in [0.15, 0.2) is 0 Å². The quantitative estimate of drug-likeness (QED) is 0.780. The lowest BCUT2D eigenvalue weighted by molar-refractivity contribution is -0.120. The molecule has 130 valence electrons. The molecule has 0 unspecified atom stereocenters. The highest BCUT2D eigenvalue weighted by atomic mass is 19.1. The molecule has 5 nitrogen and oxygen atoms in total. The maximum absolute atomic E-state index is 14.2. The van der Waals surface area contributed by atoms with Crippen LogP contribution in [0.25, 0.3) is 11.1 Å². The molecule has 0 bridgehead atoms. The van der Waals surface area contributed by atoms with Gasteiger partial charge < -0.3 is 16.0 Å². The van der Waals surface area contributed by atoms with Crippen molar-refractivity contribution in [3.63, 3.8) is 0 Å². The molecular weight excluding hydrogens is 328 g/mol. The second kappa shape index (κ2) is 7.29. The molecule has 0 atom stereocenters. The molecule has 0 aromatic heterocycles. The summed E-state index contributed by atoms with van der Waals surface area (Å²) < 4.78 is 27.8. The van der Waals surface area contributed by atoms with Gasteiger partial charge in [-0.05, 0) is 24.5 Å². The first-order valence-electron chi connectivity index (χ1n) is 7.91. The summed E-state index contributed by atoms with van der Waals surface area (Å²) in [5.74, 6) is -1.94. The van der Waals surface area contributed by atoms with Crippen LogP contribution in [-0.2, 0) is 4.79 Å². The molecule has 2 aromatic carbocycles. The Morgan fingerprint density at radius 3 is 2.48 bits per heavy atom. The highest BCUT2D eigenvalue weighted by Gasteiger charge is 2.23. The van der Waals surface area contributed by atoms with Crippen molar-refractivity contribution in [3.8, 4) is 11.1 Å². The van der Waals surface area contributed by atoms with E-state index in [-0.39, 0.29) is 29.7 Å². The number of carbonyl (C=O) groups excluding carboxylic acids is 2. The Morgan fingerprint density at radius 1 is 1.08 bits per heavy atom. The maximum Gasteiger partial charge on any atom is 0.319 e. The number of rotatable bonds is 5. The van der Waals surface area contributed by atoms with Crippen LogP contribution in [0.5, 0.6) is 0 Å². The normalized spacial score (nSPS) is 13.2. The van der Waals surface area contributed by atoms with Crippen LogP contribution in [0, 0.1) is 11.6 Å². The van der Waals surface area contributed by atoms with Crippen molar-refractivity contribution in [2.45, 2.75) is 18.9 Å². The monoisotopic (exact) mass is 345 g/mol. The molecule has 1 fully saturated rings. The first-order valence-corrected chi connectivity index (χ1v) is 7.91. The minimum atomic E-state index is -0.892. The van der Waals surface area contributed by atoms with Crippen LogP contribution in [0.1, 0.15) is 12.8 Å². The lowest BCUT2D eigenvalue weighted by Crippen LogP contribution is -2.39. The third-order valence-electron chi connectivity index (χ3n) is 3.73. The van der Waals surface area contributed by atoms with Gasteiger partial charge in [-0.3, -0.25) is 4.79 Å². The topological polar surface area (TPSA) is 70.2 Å². The molecule has 1 saturated carbocycles. The van der Waals surface area contributed by atoms with Gasteiger partial charge >= 0.3 is 6.03 Å². The van der Waals surface area contributed by atoms with E-state index < -0.39 is 17.7 Å². The third kappa shape index (κ3) is 4.53. The maximum atomic E-state index is 14.2. The second-order valence-electron chi connectivity index (χ2n) is 5.83. The van der Waals surface area contributed by atoms with Crippen molar-refractivity contribution in [2.75, 3.05) is 11.9 Å².